The summed E-state index contributed by atoms with van der Waals surface area (Å²) < 4.78 is 7.87. The van der Waals surface area contributed by atoms with Crippen LogP contribution in [0.2, 0.25) is 5.02 Å². The van der Waals surface area contributed by atoms with Gasteiger partial charge >= 0.3 is 0 Å². The van der Waals surface area contributed by atoms with Crippen molar-refractivity contribution in [2.75, 3.05) is 26.2 Å². The highest BCUT2D eigenvalue weighted by Crippen LogP contribution is 2.21. The fourth-order valence-electron chi connectivity index (χ4n) is 4.01. The highest BCUT2D eigenvalue weighted by atomic mass is 35.5. The molecule has 0 aromatic carbocycles. The number of halogens is 1. The normalized spacial score (nSPS) is 18.4. The van der Waals surface area contributed by atoms with E-state index in [1.165, 1.54) is 5.69 Å². The molecule has 1 aliphatic rings. The fraction of sp³-hybridized carbons (Fsp3) is 0.409. The number of aromatic nitrogens is 2. The van der Waals surface area contributed by atoms with E-state index in [0.29, 0.717) is 11.1 Å². The molecule has 0 unspecified atom stereocenters. The van der Waals surface area contributed by atoms with E-state index in [2.05, 4.69) is 25.4 Å². The number of furan rings is 1. The summed E-state index contributed by atoms with van der Waals surface area (Å²) in [5.74, 6) is 2.80. The average molecular weight is 415 g/mol. The van der Waals surface area contributed by atoms with Crippen LogP contribution < -0.4 is 0 Å². The summed E-state index contributed by atoms with van der Waals surface area (Å²) >= 11 is 5.98. The van der Waals surface area contributed by atoms with Gasteiger partial charge in [-0.25, -0.2) is 4.98 Å². The lowest BCUT2D eigenvalue weighted by Gasteiger charge is -2.41. The van der Waals surface area contributed by atoms with Crippen molar-refractivity contribution in [3.8, 4) is 5.82 Å². The Morgan fingerprint density at radius 3 is 2.79 bits per heavy atom. The van der Waals surface area contributed by atoms with Crippen molar-refractivity contribution in [1.82, 2.24) is 19.4 Å². The summed E-state index contributed by atoms with van der Waals surface area (Å²) in [5.41, 5.74) is 1.19. The second-order valence-corrected chi connectivity index (χ2v) is 8.02. The number of piperazine rings is 1. The molecule has 3 aromatic rings. The van der Waals surface area contributed by atoms with Gasteiger partial charge in [-0.15, -0.1) is 0 Å². The van der Waals surface area contributed by atoms with Crippen molar-refractivity contribution in [3.05, 3.63) is 71.0 Å². The maximum absolute atomic E-state index is 9.57. The molecule has 4 rings (SSSR count). The van der Waals surface area contributed by atoms with Crippen molar-refractivity contribution in [3.63, 3.8) is 0 Å². The van der Waals surface area contributed by atoms with Crippen LogP contribution in [0.1, 0.15) is 23.6 Å². The van der Waals surface area contributed by atoms with Gasteiger partial charge in [-0.05, 0) is 49.7 Å². The molecular formula is C22H27ClN4O2. The molecule has 1 fully saturated rings. The third-order valence-corrected chi connectivity index (χ3v) is 5.71. The smallest absolute Gasteiger partial charge is 0.136 e. The minimum atomic E-state index is 0.192. The molecule has 154 valence electrons. The first-order chi connectivity index (χ1) is 14.1. The van der Waals surface area contributed by atoms with Gasteiger partial charge in [0.2, 0.25) is 0 Å². The molecule has 1 saturated heterocycles. The molecule has 1 N–H and O–H groups in total. The molecule has 29 heavy (non-hydrogen) atoms. The number of rotatable bonds is 7. The van der Waals surface area contributed by atoms with Gasteiger partial charge in [-0.1, -0.05) is 11.6 Å². The lowest BCUT2D eigenvalue weighted by atomic mass is 10.1. The molecule has 4 heterocycles. The van der Waals surface area contributed by atoms with Crippen molar-refractivity contribution in [2.45, 2.75) is 32.5 Å². The molecule has 0 amide bonds. The van der Waals surface area contributed by atoms with Crippen LogP contribution in [0.25, 0.3) is 5.82 Å². The molecule has 7 heteroatoms. The summed E-state index contributed by atoms with van der Waals surface area (Å²) in [6.45, 7) is 6.63. The predicted molar refractivity (Wildman–Crippen MR) is 113 cm³/mol. The molecular weight excluding hydrogens is 388 g/mol. The third-order valence-electron chi connectivity index (χ3n) is 5.48. The van der Waals surface area contributed by atoms with Crippen molar-refractivity contribution >= 4 is 11.6 Å². The van der Waals surface area contributed by atoms with E-state index in [0.717, 1.165) is 56.5 Å². The molecule has 0 radical (unpaired) electrons. The van der Waals surface area contributed by atoms with Crippen LogP contribution >= 0.6 is 11.6 Å². The number of nitrogens with zero attached hydrogens (tertiary/aromatic N) is 4. The summed E-state index contributed by atoms with van der Waals surface area (Å²) in [4.78, 5) is 9.31. The number of aliphatic hydroxyl groups is 1. The van der Waals surface area contributed by atoms with Gasteiger partial charge < -0.3 is 14.1 Å². The maximum Gasteiger partial charge on any atom is 0.136 e. The second-order valence-electron chi connectivity index (χ2n) is 7.59. The number of pyridine rings is 1. The van der Waals surface area contributed by atoms with Gasteiger partial charge in [0.15, 0.2) is 0 Å². The van der Waals surface area contributed by atoms with E-state index in [1.807, 2.05) is 43.5 Å². The Morgan fingerprint density at radius 1 is 1.17 bits per heavy atom. The Kier molecular flexibility index (Phi) is 6.35. The Labute approximate surface area is 176 Å². The molecule has 0 aliphatic carbocycles. The Balaban J connectivity index is 1.43. The highest BCUT2D eigenvalue weighted by molar-refractivity contribution is 6.30. The number of hydrogen-bond donors (Lipinski definition) is 1. The van der Waals surface area contributed by atoms with E-state index in [1.54, 1.807) is 6.20 Å². The number of aliphatic hydroxyl groups excluding tert-OH is 1. The van der Waals surface area contributed by atoms with Crippen LogP contribution in [0.5, 0.6) is 0 Å². The van der Waals surface area contributed by atoms with E-state index in [-0.39, 0.29) is 6.61 Å². The second kappa shape index (κ2) is 9.13. The molecule has 1 atom stereocenters. The van der Waals surface area contributed by atoms with Crippen LogP contribution in [-0.2, 0) is 13.1 Å². The lowest BCUT2D eigenvalue weighted by Crippen LogP contribution is -2.52. The maximum atomic E-state index is 9.57. The van der Waals surface area contributed by atoms with Crippen LogP contribution in [0, 0.1) is 6.92 Å². The van der Waals surface area contributed by atoms with Gasteiger partial charge in [0, 0.05) is 56.9 Å². The van der Waals surface area contributed by atoms with Crippen LogP contribution in [0.15, 0.2) is 53.2 Å². The average Bonchev–Trinajstić information content (AvgIpc) is 3.33. The zero-order valence-electron chi connectivity index (χ0n) is 16.7. The molecule has 6 nitrogen and oxygen atoms in total. The van der Waals surface area contributed by atoms with E-state index in [9.17, 15) is 5.11 Å². The van der Waals surface area contributed by atoms with Crippen LogP contribution in [-0.4, -0.2) is 56.7 Å². The number of hydrogen-bond acceptors (Lipinski definition) is 5. The van der Waals surface area contributed by atoms with Crippen LogP contribution in [0.3, 0.4) is 0 Å². The lowest BCUT2D eigenvalue weighted by molar-refractivity contribution is 0.0446. The monoisotopic (exact) mass is 414 g/mol. The molecule has 3 aromatic heterocycles. The molecule has 0 bridgehead atoms. The van der Waals surface area contributed by atoms with Crippen molar-refractivity contribution in [1.29, 1.82) is 0 Å². The summed E-state index contributed by atoms with van der Waals surface area (Å²) in [6, 6.07) is 12.3. The van der Waals surface area contributed by atoms with Gasteiger partial charge in [0.1, 0.15) is 17.3 Å². The SMILES string of the molecule is Cc1ccc(CN2CCN(Cc3cccn3-c3ccc(Cl)cn3)C[C@@H]2CCO)o1. The predicted octanol–water partition coefficient (Wildman–Crippen LogP) is 3.50. The third kappa shape index (κ3) is 4.90. The summed E-state index contributed by atoms with van der Waals surface area (Å²) in [7, 11) is 0. The first kappa shape index (κ1) is 20.2. The zero-order chi connectivity index (χ0) is 20.2. The van der Waals surface area contributed by atoms with Gasteiger partial charge in [0.25, 0.3) is 0 Å². The molecule has 0 spiro atoms. The standard InChI is InChI=1S/C22H27ClN4O2/c1-17-4-6-21(29-17)16-26-11-10-25(14-19(26)8-12-28)15-20-3-2-9-27(20)22-7-5-18(23)13-24-22/h2-7,9,13,19,28H,8,10-12,14-16H2,1H3/t19-/m0/s1. The first-order valence-electron chi connectivity index (χ1n) is 10.0. The topological polar surface area (TPSA) is 57.7 Å². The van der Waals surface area contributed by atoms with Crippen molar-refractivity contribution in [2.24, 2.45) is 0 Å². The Bertz CT molecular complexity index is 921. The zero-order valence-corrected chi connectivity index (χ0v) is 17.4. The summed E-state index contributed by atoms with van der Waals surface area (Å²) in [6.07, 6.45) is 4.47. The molecule has 1 aliphatic heterocycles. The molecule has 0 saturated carbocycles. The largest absolute Gasteiger partial charge is 0.465 e. The van der Waals surface area contributed by atoms with E-state index in [4.69, 9.17) is 16.0 Å². The van der Waals surface area contributed by atoms with Crippen LogP contribution in [0.4, 0.5) is 0 Å². The minimum Gasteiger partial charge on any atom is -0.465 e. The minimum absolute atomic E-state index is 0.192. The quantitative estimate of drug-likeness (QED) is 0.641. The van der Waals surface area contributed by atoms with Gasteiger partial charge in [-0.2, -0.15) is 0 Å². The van der Waals surface area contributed by atoms with Crippen molar-refractivity contribution < 1.29 is 9.52 Å². The van der Waals surface area contributed by atoms with E-state index >= 15 is 0 Å². The Hall–Kier alpha value is -2.12. The summed E-state index contributed by atoms with van der Waals surface area (Å²) in [5, 5.41) is 10.2. The Morgan fingerprint density at radius 2 is 2.07 bits per heavy atom. The number of aryl methyl sites for hydroxylation is 1. The first-order valence-corrected chi connectivity index (χ1v) is 10.4. The van der Waals surface area contributed by atoms with Gasteiger partial charge in [-0.3, -0.25) is 9.80 Å². The van der Waals surface area contributed by atoms with Gasteiger partial charge in [0.05, 0.1) is 11.6 Å². The highest BCUT2D eigenvalue weighted by Gasteiger charge is 2.27. The fourth-order valence-corrected chi connectivity index (χ4v) is 4.12. The van der Waals surface area contributed by atoms with E-state index < -0.39 is 0 Å².